The summed E-state index contributed by atoms with van der Waals surface area (Å²) in [5.41, 5.74) is 1.50. The highest BCUT2D eigenvalue weighted by Crippen LogP contribution is 2.25. The number of ether oxygens (including phenoxy) is 1. The molecule has 2 aromatic carbocycles. The quantitative estimate of drug-likeness (QED) is 0.777. The first-order valence-electron chi connectivity index (χ1n) is 6.75. The first-order valence-corrected chi connectivity index (χ1v) is 7.51. The predicted molar refractivity (Wildman–Crippen MR) is 91.7 cm³/mol. The van der Waals surface area contributed by atoms with Crippen LogP contribution >= 0.6 is 23.2 Å². The minimum absolute atomic E-state index is 0.243. The Kier molecular flexibility index (Phi) is 5.87. The van der Waals surface area contributed by atoms with Crippen molar-refractivity contribution in [2.24, 2.45) is 0 Å². The number of halogens is 2. The van der Waals surface area contributed by atoms with Crippen molar-refractivity contribution in [3.63, 3.8) is 0 Å². The van der Waals surface area contributed by atoms with Crippen molar-refractivity contribution in [2.45, 2.75) is 6.92 Å². The molecule has 0 heterocycles. The molecule has 22 heavy (non-hydrogen) atoms. The highest BCUT2D eigenvalue weighted by Gasteiger charge is 2.02. The van der Waals surface area contributed by atoms with Gasteiger partial charge < -0.3 is 10.1 Å². The van der Waals surface area contributed by atoms with Gasteiger partial charge >= 0.3 is 0 Å². The summed E-state index contributed by atoms with van der Waals surface area (Å²) in [6, 6.07) is 12.4. The normalized spacial score (nSPS) is 10.7. The summed E-state index contributed by atoms with van der Waals surface area (Å²) in [5.74, 6) is 0.562. The van der Waals surface area contributed by atoms with Gasteiger partial charge in [0.05, 0.1) is 16.7 Å². The lowest BCUT2D eigenvalue weighted by Gasteiger charge is -2.04. The Morgan fingerprint density at radius 1 is 1.14 bits per heavy atom. The molecule has 0 bridgehead atoms. The molecule has 1 N–H and O–H groups in total. The van der Waals surface area contributed by atoms with Crippen LogP contribution < -0.4 is 10.1 Å². The Labute approximate surface area is 139 Å². The van der Waals surface area contributed by atoms with Gasteiger partial charge in [0.25, 0.3) is 0 Å². The van der Waals surface area contributed by atoms with Gasteiger partial charge in [-0.1, -0.05) is 35.3 Å². The molecule has 3 nitrogen and oxygen atoms in total. The maximum atomic E-state index is 11.9. The van der Waals surface area contributed by atoms with Crippen LogP contribution in [0.15, 0.2) is 48.5 Å². The molecule has 0 saturated carbocycles. The van der Waals surface area contributed by atoms with E-state index in [0.29, 0.717) is 22.3 Å². The zero-order valence-electron chi connectivity index (χ0n) is 12.0. The van der Waals surface area contributed by atoms with E-state index in [1.54, 1.807) is 24.3 Å². The second-order valence-electron chi connectivity index (χ2n) is 4.45. The molecule has 0 aromatic heterocycles. The molecule has 114 valence electrons. The fraction of sp³-hybridized carbons (Fsp3) is 0.118. The van der Waals surface area contributed by atoms with Crippen LogP contribution in [0.25, 0.3) is 6.08 Å². The van der Waals surface area contributed by atoms with E-state index in [1.807, 2.05) is 31.2 Å². The van der Waals surface area contributed by atoms with Gasteiger partial charge in [-0.3, -0.25) is 4.79 Å². The SMILES string of the molecule is CCOc1ccc(C=CC(=O)Nc2ccc(Cl)c(Cl)c2)cc1. The van der Waals surface area contributed by atoms with E-state index in [9.17, 15) is 4.79 Å². The van der Waals surface area contributed by atoms with Crippen LogP contribution in [0.4, 0.5) is 5.69 Å². The van der Waals surface area contributed by atoms with Gasteiger partial charge in [-0.15, -0.1) is 0 Å². The molecule has 1 amide bonds. The van der Waals surface area contributed by atoms with Crippen LogP contribution in [0.5, 0.6) is 5.75 Å². The van der Waals surface area contributed by atoms with E-state index in [-0.39, 0.29) is 5.91 Å². The first-order chi connectivity index (χ1) is 10.6. The zero-order chi connectivity index (χ0) is 15.9. The van der Waals surface area contributed by atoms with Gasteiger partial charge in [-0.25, -0.2) is 0 Å². The Balaban J connectivity index is 1.97. The van der Waals surface area contributed by atoms with Gasteiger partial charge in [0, 0.05) is 11.8 Å². The lowest BCUT2D eigenvalue weighted by Crippen LogP contribution is -2.07. The Morgan fingerprint density at radius 3 is 2.50 bits per heavy atom. The zero-order valence-corrected chi connectivity index (χ0v) is 13.5. The van der Waals surface area contributed by atoms with E-state index in [2.05, 4.69) is 5.32 Å². The third kappa shape index (κ3) is 4.79. The standard InChI is InChI=1S/C17H15Cl2NO2/c1-2-22-14-7-3-12(4-8-14)5-10-17(21)20-13-6-9-15(18)16(19)11-13/h3-11H,2H2,1H3,(H,20,21). The molecule has 0 saturated heterocycles. The lowest BCUT2D eigenvalue weighted by atomic mass is 10.2. The van der Waals surface area contributed by atoms with Crippen molar-refractivity contribution in [3.8, 4) is 5.75 Å². The lowest BCUT2D eigenvalue weighted by molar-refractivity contribution is -0.111. The van der Waals surface area contributed by atoms with E-state index in [0.717, 1.165) is 11.3 Å². The van der Waals surface area contributed by atoms with E-state index < -0.39 is 0 Å². The smallest absolute Gasteiger partial charge is 0.248 e. The van der Waals surface area contributed by atoms with E-state index >= 15 is 0 Å². The molecule has 0 aliphatic rings. The monoisotopic (exact) mass is 335 g/mol. The highest BCUT2D eigenvalue weighted by atomic mass is 35.5. The average molecular weight is 336 g/mol. The number of benzene rings is 2. The molecule has 5 heteroatoms. The summed E-state index contributed by atoms with van der Waals surface area (Å²) in [6.07, 6.45) is 3.18. The van der Waals surface area contributed by atoms with Gasteiger partial charge in [0.2, 0.25) is 5.91 Å². The van der Waals surface area contributed by atoms with E-state index in [4.69, 9.17) is 27.9 Å². The van der Waals surface area contributed by atoms with Crippen LogP contribution in [-0.2, 0) is 4.79 Å². The second-order valence-corrected chi connectivity index (χ2v) is 5.27. The van der Waals surface area contributed by atoms with Crippen molar-refractivity contribution in [1.82, 2.24) is 0 Å². The topological polar surface area (TPSA) is 38.3 Å². The molecular formula is C17H15Cl2NO2. The molecule has 2 aromatic rings. The van der Waals surface area contributed by atoms with Crippen molar-refractivity contribution >= 4 is 40.9 Å². The van der Waals surface area contributed by atoms with Gasteiger partial charge in [0.15, 0.2) is 0 Å². The molecular weight excluding hydrogens is 321 g/mol. The molecule has 0 unspecified atom stereocenters. The van der Waals surface area contributed by atoms with Crippen molar-refractivity contribution in [1.29, 1.82) is 0 Å². The average Bonchev–Trinajstić information content (AvgIpc) is 2.51. The first kappa shape index (κ1) is 16.4. The van der Waals surface area contributed by atoms with Gasteiger partial charge in [0.1, 0.15) is 5.75 Å². The van der Waals surface area contributed by atoms with E-state index in [1.165, 1.54) is 6.08 Å². The molecule has 2 rings (SSSR count). The number of hydrogen-bond acceptors (Lipinski definition) is 2. The third-order valence-electron chi connectivity index (χ3n) is 2.81. The molecule has 0 fully saturated rings. The van der Waals surface area contributed by atoms with Crippen LogP contribution in [0.3, 0.4) is 0 Å². The molecule has 0 radical (unpaired) electrons. The van der Waals surface area contributed by atoms with Crippen molar-refractivity contribution < 1.29 is 9.53 Å². The largest absolute Gasteiger partial charge is 0.494 e. The number of amides is 1. The Morgan fingerprint density at radius 2 is 1.86 bits per heavy atom. The minimum Gasteiger partial charge on any atom is -0.494 e. The fourth-order valence-electron chi connectivity index (χ4n) is 1.77. The molecule has 0 aliphatic carbocycles. The minimum atomic E-state index is -0.243. The summed E-state index contributed by atoms with van der Waals surface area (Å²) in [7, 11) is 0. The number of hydrogen-bond donors (Lipinski definition) is 1. The number of nitrogens with one attached hydrogen (secondary N) is 1. The third-order valence-corrected chi connectivity index (χ3v) is 3.54. The summed E-state index contributed by atoms with van der Waals surface area (Å²) in [5, 5.41) is 3.57. The van der Waals surface area contributed by atoms with Gasteiger partial charge in [-0.2, -0.15) is 0 Å². The maximum absolute atomic E-state index is 11.9. The Bertz CT molecular complexity index is 682. The fourth-order valence-corrected chi connectivity index (χ4v) is 2.07. The van der Waals surface area contributed by atoms with Crippen molar-refractivity contribution in [2.75, 3.05) is 11.9 Å². The molecule has 0 spiro atoms. The highest BCUT2D eigenvalue weighted by molar-refractivity contribution is 6.42. The van der Waals surface area contributed by atoms with Crippen LogP contribution in [0, 0.1) is 0 Å². The number of anilines is 1. The van der Waals surface area contributed by atoms with Crippen LogP contribution in [0.2, 0.25) is 10.0 Å². The maximum Gasteiger partial charge on any atom is 0.248 e. The summed E-state index contributed by atoms with van der Waals surface area (Å²) in [4.78, 5) is 11.9. The number of carbonyl (C=O) groups excluding carboxylic acids is 1. The number of rotatable bonds is 5. The second kappa shape index (κ2) is 7.87. The number of carbonyl (C=O) groups is 1. The summed E-state index contributed by atoms with van der Waals surface area (Å²) >= 11 is 11.7. The van der Waals surface area contributed by atoms with Crippen LogP contribution in [0.1, 0.15) is 12.5 Å². The molecule has 0 atom stereocenters. The van der Waals surface area contributed by atoms with Gasteiger partial charge in [-0.05, 0) is 48.9 Å². The molecule has 0 aliphatic heterocycles. The predicted octanol–water partition coefficient (Wildman–Crippen LogP) is 5.04. The van der Waals surface area contributed by atoms with Crippen molar-refractivity contribution in [3.05, 3.63) is 64.1 Å². The summed E-state index contributed by atoms with van der Waals surface area (Å²) < 4.78 is 5.36. The summed E-state index contributed by atoms with van der Waals surface area (Å²) in [6.45, 7) is 2.56. The Hall–Kier alpha value is -1.97. The van der Waals surface area contributed by atoms with Crippen LogP contribution in [-0.4, -0.2) is 12.5 Å².